The predicted molar refractivity (Wildman–Crippen MR) is 98.6 cm³/mol. The van der Waals surface area contributed by atoms with Gasteiger partial charge in [0.25, 0.3) is 0 Å². The summed E-state index contributed by atoms with van der Waals surface area (Å²) in [5.74, 6) is 3.18. The Labute approximate surface area is 155 Å². The first-order chi connectivity index (χ1) is 11.8. The van der Waals surface area contributed by atoms with E-state index in [9.17, 15) is 0 Å². The molecule has 0 atom stereocenters. The highest BCUT2D eigenvalue weighted by Crippen LogP contribution is 2.35. The Kier molecular flexibility index (Phi) is 5.22. The number of ether oxygens (including phenoxy) is 2. The van der Waals surface area contributed by atoms with Crippen molar-refractivity contribution in [1.29, 1.82) is 0 Å². The van der Waals surface area contributed by atoms with Crippen molar-refractivity contribution in [3.8, 4) is 33.6 Å². The van der Waals surface area contributed by atoms with E-state index in [1.807, 2.05) is 23.6 Å². The molecule has 0 aliphatic carbocycles. The number of hydrogen-bond acceptors (Lipinski definition) is 7. The molecule has 3 aromatic rings. The Morgan fingerprint density at radius 2 is 2.00 bits per heavy atom. The van der Waals surface area contributed by atoms with Crippen LogP contribution in [0.15, 0.2) is 23.6 Å². The van der Waals surface area contributed by atoms with Gasteiger partial charge in [0.15, 0.2) is 17.3 Å². The molecule has 0 amide bonds. The van der Waals surface area contributed by atoms with Gasteiger partial charge in [0.2, 0.25) is 0 Å². The predicted octanol–water partition coefficient (Wildman–Crippen LogP) is 2.61. The average molecular weight is 380 g/mol. The van der Waals surface area contributed by atoms with Crippen molar-refractivity contribution in [2.24, 2.45) is 0 Å². The summed E-state index contributed by atoms with van der Waals surface area (Å²) in [6, 6.07) is 5.80. The van der Waals surface area contributed by atoms with Crippen LogP contribution in [-0.2, 0) is 13.1 Å². The fraction of sp³-hybridized carbons (Fsp3) is 0.312. The molecule has 1 aliphatic heterocycles. The summed E-state index contributed by atoms with van der Waals surface area (Å²) in [6.45, 7) is 2.53. The van der Waals surface area contributed by atoms with Crippen LogP contribution in [0.1, 0.15) is 5.82 Å². The van der Waals surface area contributed by atoms with E-state index in [1.165, 1.54) is 0 Å². The summed E-state index contributed by atoms with van der Waals surface area (Å²) in [5, 5.41) is 14.8. The monoisotopic (exact) mass is 379 g/mol. The topological polar surface area (TPSA) is 74.1 Å². The molecule has 0 spiro atoms. The second-order valence-electron chi connectivity index (χ2n) is 5.38. The number of methoxy groups -OCH3 is 2. The Bertz CT molecular complexity index is 879. The van der Waals surface area contributed by atoms with Crippen LogP contribution < -0.4 is 14.8 Å². The van der Waals surface area contributed by atoms with E-state index >= 15 is 0 Å². The first-order valence-electron chi connectivity index (χ1n) is 7.61. The quantitative estimate of drug-likeness (QED) is 0.751. The molecule has 1 N–H and O–H groups in total. The molecule has 2 aromatic heterocycles. The molecule has 0 saturated heterocycles. The maximum atomic E-state index is 5.37. The number of rotatable bonds is 4. The summed E-state index contributed by atoms with van der Waals surface area (Å²) in [5.41, 5.74) is 1.84. The molecule has 7 nitrogen and oxygen atoms in total. The fourth-order valence-corrected chi connectivity index (χ4v) is 3.56. The minimum Gasteiger partial charge on any atom is -0.493 e. The molecule has 3 heterocycles. The lowest BCUT2D eigenvalue weighted by molar-refractivity contribution is 0.355. The highest BCUT2D eigenvalue weighted by molar-refractivity contribution is 7.13. The van der Waals surface area contributed by atoms with Gasteiger partial charge >= 0.3 is 0 Å². The molecule has 1 aromatic carbocycles. The van der Waals surface area contributed by atoms with Gasteiger partial charge in [-0.2, -0.15) is 0 Å². The van der Waals surface area contributed by atoms with E-state index in [-0.39, 0.29) is 12.4 Å². The second kappa shape index (κ2) is 7.38. The maximum absolute atomic E-state index is 5.37. The number of nitrogens with one attached hydrogen (secondary N) is 1. The zero-order valence-corrected chi connectivity index (χ0v) is 15.5. The van der Waals surface area contributed by atoms with E-state index in [1.54, 1.807) is 25.6 Å². The van der Waals surface area contributed by atoms with Crippen LogP contribution in [0, 0.1) is 0 Å². The van der Waals surface area contributed by atoms with E-state index in [0.717, 1.165) is 47.5 Å². The Morgan fingerprint density at radius 1 is 1.16 bits per heavy atom. The third-order valence-corrected chi connectivity index (χ3v) is 4.88. The normalized spacial score (nSPS) is 13.0. The van der Waals surface area contributed by atoms with Crippen LogP contribution in [0.5, 0.6) is 11.5 Å². The van der Waals surface area contributed by atoms with Gasteiger partial charge in [-0.3, -0.25) is 0 Å². The molecule has 25 heavy (non-hydrogen) atoms. The minimum absolute atomic E-state index is 0. The molecule has 132 valence electrons. The van der Waals surface area contributed by atoms with Gasteiger partial charge < -0.3 is 19.4 Å². The van der Waals surface area contributed by atoms with Crippen molar-refractivity contribution < 1.29 is 9.47 Å². The van der Waals surface area contributed by atoms with Gasteiger partial charge in [0.1, 0.15) is 16.5 Å². The number of fused-ring (bicyclic) bond motifs is 1. The van der Waals surface area contributed by atoms with Gasteiger partial charge in [-0.1, -0.05) is 0 Å². The number of halogens is 1. The summed E-state index contributed by atoms with van der Waals surface area (Å²) in [7, 11) is 3.26. The van der Waals surface area contributed by atoms with Gasteiger partial charge in [0, 0.05) is 24.0 Å². The smallest absolute Gasteiger partial charge is 0.183 e. The fourth-order valence-electron chi connectivity index (χ4n) is 2.76. The number of benzene rings is 1. The number of nitrogens with zero attached hydrogens (tertiary/aromatic N) is 4. The number of aromatic nitrogens is 4. The lowest BCUT2D eigenvalue weighted by atomic mass is 10.2. The summed E-state index contributed by atoms with van der Waals surface area (Å²) >= 11 is 1.58. The zero-order valence-electron chi connectivity index (χ0n) is 13.9. The van der Waals surface area contributed by atoms with Crippen LogP contribution in [0.2, 0.25) is 0 Å². The van der Waals surface area contributed by atoms with Crippen LogP contribution in [0.25, 0.3) is 22.1 Å². The third kappa shape index (κ3) is 3.20. The van der Waals surface area contributed by atoms with E-state index in [4.69, 9.17) is 14.5 Å². The Hall–Kier alpha value is -2.16. The van der Waals surface area contributed by atoms with Crippen molar-refractivity contribution in [1.82, 2.24) is 25.1 Å². The van der Waals surface area contributed by atoms with Gasteiger partial charge in [-0.15, -0.1) is 33.9 Å². The van der Waals surface area contributed by atoms with Crippen LogP contribution in [-0.4, -0.2) is 40.5 Å². The van der Waals surface area contributed by atoms with Gasteiger partial charge in [-0.25, -0.2) is 4.98 Å². The highest BCUT2D eigenvalue weighted by Gasteiger charge is 2.19. The molecule has 9 heteroatoms. The first-order valence-corrected chi connectivity index (χ1v) is 8.49. The zero-order chi connectivity index (χ0) is 16.5. The molecular formula is C16H18ClN5O2S. The lowest BCUT2D eigenvalue weighted by Gasteiger charge is -2.15. The average Bonchev–Trinajstić information content (AvgIpc) is 3.27. The second-order valence-corrected chi connectivity index (χ2v) is 6.23. The van der Waals surface area contributed by atoms with Crippen LogP contribution in [0.4, 0.5) is 0 Å². The standard InChI is InChI=1S/C16H17N5O2S.ClH/c1-22-12-4-3-10(7-13(12)23-2)16-18-11(9-24-16)15-20-19-14-8-17-5-6-21(14)15;/h3-4,7,9,17H,5-6,8H2,1-2H3;1H. The van der Waals surface area contributed by atoms with Crippen molar-refractivity contribution in [2.75, 3.05) is 20.8 Å². The van der Waals surface area contributed by atoms with E-state index < -0.39 is 0 Å². The van der Waals surface area contributed by atoms with Crippen LogP contribution in [0.3, 0.4) is 0 Å². The van der Waals surface area contributed by atoms with Crippen molar-refractivity contribution in [2.45, 2.75) is 13.1 Å². The van der Waals surface area contributed by atoms with Gasteiger partial charge in [0.05, 0.1) is 20.8 Å². The third-order valence-electron chi connectivity index (χ3n) is 3.99. The summed E-state index contributed by atoms with van der Waals surface area (Å²) in [6.07, 6.45) is 0. The van der Waals surface area contributed by atoms with Crippen molar-refractivity contribution in [3.05, 3.63) is 29.4 Å². The maximum Gasteiger partial charge on any atom is 0.183 e. The molecule has 0 bridgehead atoms. The van der Waals surface area contributed by atoms with E-state index in [0.29, 0.717) is 11.5 Å². The summed E-state index contributed by atoms with van der Waals surface area (Å²) < 4.78 is 12.8. The SMILES string of the molecule is COc1ccc(-c2nc(-c3nnc4n3CCNC4)cs2)cc1OC.Cl. The van der Waals surface area contributed by atoms with Crippen molar-refractivity contribution in [3.63, 3.8) is 0 Å². The van der Waals surface area contributed by atoms with Crippen molar-refractivity contribution >= 4 is 23.7 Å². The Morgan fingerprint density at radius 3 is 2.80 bits per heavy atom. The van der Waals surface area contributed by atoms with Crippen LogP contribution >= 0.6 is 23.7 Å². The largest absolute Gasteiger partial charge is 0.493 e. The molecule has 0 fully saturated rings. The van der Waals surface area contributed by atoms with E-state index in [2.05, 4.69) is 20.1 Å². The Balaban J connectivity index is 0.00000182. The number of thiazole rings is 1. The molecule has 0 radical (unpaired) electrons. The first kappa shape index (κ1) is 17.7. The highest BCUT2D eigenvalue weighted by atomic mass is 35.5. The molecular weight excluding hydrogens is 362 g/mol. The molecule has 1 aliphatic rings. The molecule has 0 saturated carbocycles. The minimum atomic E-state index is 0. The lowest BCUT2D eigenvalue weighted by Crippen LogP contribution is -2.28. The summed E-state index contributed by atoms with van der Waals surface area (Å²) in [4.78, 5) is 4.74. The molecule has 0 unspecified atom stereocenters. The van der Waals surface area contributed by atoms with Gasteiger partial charge in [-0.05, 0) is 18.2 Å². The number of hydrogen-bond donors (Lipinski definition) is 1. The molecule has 4 rings (SSSR count).